The Balaban J connectivity index is 0.000000195. The molecule has 0 fully saturated rings. The number of carboxylic acid groups (broad SMARTS) is 1. The first-order valence-electron chi connectivity index (χ1n) is 14.3. The van der Waals surface area contributed by atoms with Crippen LogP contribution in [0.4, 0.5) is 30.7 Å². The van der Waals surface area contributed by atoms with Crippen molar-refractivity contribution in [3.63, 3.8) is 0 Å². The van der Waals surface area contributed by atoms with Crippen molar-refractivity contribution in [2.45, 2.75) is 44.1 Å². The minimum atomic E-state index is -4.54. The molecule has 0 spiro atoms. The van der Waals surface area contributed by atoms with Crippen molar-refractivity contribution >= 4 is 35.1 Å². The molecule has 49 heavy (non-hydrogen) atoms. The summed E-state index contributed by atoms with van der Waals surface area (Å²) in [6.45, 7) is -1.48. The van der Waals surface area contributed by atoms with Gasteiger partial charge in [0.2, 0.25) is 11.8 Å². The molecule has 0 aliphatic carbocycles. The normalized spacial score (nSPS) is 16.6. The SMILES string of the molecule is O=C(NCC(F)(F)F)C1CCc2c(-c3ccc(F)cc3F)cc(Cl)nc2O1.O=C(O)C1CCc2c(-c3ccc(F)cc3F)cc(Cl)nc2O1. The number of amides is 1. The van der Waals surface area contributed by atoms with Crippen molar-refractivity contribution in [1.29, 1.82) is 0 Å². The highest BCUT2D eigenvalue weighted by Crippen LogP contribution is 2.39. The molecule has 0 saturated carbocycles. The fourth-order valence-electron chi connectivity index (χ4n) is 5.21. The number of halogens is 9. The molecule has 6 rings (SSSR count). The molecular formula is C32H22Cl2F7N3O5. The minimum absolute atomic E-state index is 0.0449. The summed E-state index contributed by atoms with van der Waals surface area (Å²) in [6.07, 6.45) is -5.90. The zero-order chi connectivity index (χ0) is 35.6. The molecule has 2 N–H and O–H groups in total. The number of ether oxygens (including phenoxy) is 2. The van der Waals surface area contributed by atoms with Crippen molar-refractivity contribution in [3.8, 4) is 34.0 Å². The first-order chi connectivity index (χ1) is 23.1. The fraction of sp³-hybridized carbons (Fsp3) is 0.250. The Bertz CT molecular complexity index is 1930. The molecule has 2 aromatic carbocycles. The van der Waals surface area contributed by atoms with Gasteiger partial charge < -0.3 is 19.9 Å². The molecule has 4 heterocycles. The number of alkyl halides is 3. The summed E-state index contributed by atoms with van der Waals surface area (Å²) >= 11 is 11.8. The number of aliphatic carboxylic acids is 1. The lowest BCUT2D eigenvalue weighted by atomic mass is 9.94. The van der Waals surface area contributed by atoms with Gasteiger partial charge in [0, 0.05) is 34.4 Å². The van der Waals surface area contributed by atoms with Gasteiger partial charge in [-0.15, -0.1) is 0 Å². The van der Waals surface area contributed by atoms with Gasteiger partial charge in [-0.05, 0) is 73.2 Å². The molecule has 17 heteroatoms. The zero-order valence-corrected chi connectivity index (χ0v) is 26.2. The molecular weight excluding hydrogens is 710 g/mol. The van der Waals surface area contributed by atoms with Gasteiger partial charge >= 0.3 is 12.1 Å². The van der Waals surface area contributed by atoms with Crippen molar-refractivity contribution < 1.29 is 54.9 Å². The summed E-state index contributed by atoms with van der Waals surface area (Å²) in [7, 11) is 0. The number of nitrogens with one attached hydrogen (secondary N) is 1. The van der Waals surface area contributed by atoms with Crippen LogP contribution in [0.5, 0.6) is 11.8 Å². The molecule has 0 saturated heterocycles. The first kappa shape index (κ1) is 35.7. The molecule has 8 nitrogen and oxygen atoms in total. The van der Waals surface area contributed by atoms with Crippen LogP contribution in [0.15, 0.2) is 48.5 Å². The number of nitrogens with zero attached hydrogens (tertiary/aromatic N) is 2. The number of benzene rings is 2. The Morgan fingerprint density at radius 2 is 1.20 bits per heavy atom. The molecule has 2 aliphatic heterocycles. The predicted molar refractivity (Wildman–Crippen MR) is 161 cm³/mol. The van der Waals surface area contributed by atoms with E-state index in [1.165, 1.54) is 24.3 Å². The van der Waals surface area contributed by atoms with Gasteiger partial charge in [-0.25, -0.2) is 32.3 Å². The van der Waals surface area contributed by atoms with E-state index in [1.54, 1.807) is 5.32 Å². The van der Waals surface area contributed by atoms with Gasteiger partial charge in [0.1, 0.15) is 40.1 Å². The highest BCUT2D eigenvalue weighted by Gasteiger charge is 2.34. The van der Waals surface area contributed by atoms with Crippen molar-refractivity contribution in [2.75, 3.05) is 6.54 Å². The Morgan fingerprint density at radius 1 is 0.755 bits per heavy atom. The minimum Gasteiger partial charge on any atom is -0.479 e. The standard InChI is InChI=1S/C17H12ClF5N2O2.C15H10ClF2NO3/c18-14-6-11(9-2-1-8(19)5-12(9)20)10-3-4-13(27-16(10)25-14)15(26)24-7-17(21,22)23;16-13-6-10(8-2-1-7(17)5-11(8)18)9-3-4-12(15(20)21)22-14(9)19-13/h1-2,5-6,13H,3-4,7H2,(H,24,26);1-2,5-6,12H,3-4H2,(H,20,21). The van der Waals surface area contributed by atoms with Crippen LogP contribution >= 0.6 is 23.2 Å². The molecule has 2 unspecified atom stereocenters. The Kier molecular flexibility index (Phi) is 10.5. The number of hydrogen-bond acceptors (Lipinski definition) is 6. The van der Waals surface area contributed by atoms with E-state index in [0.717, 1.165) is 18.2 Å². The topological polar surface area (TPSA) is 111 Å². The van der Waals surface area contributed by atoms with E-state index in [4.69, 9.17) is 37.8 Å². The van der Waals surface area contributed by atoms with E-state index in [9.17, 15) is 40.3 Å². The molecule has 0 bridgehead atoms. The summed E-state index contributed by atoms with van der Waals surface area (Å²) < 4.78 is 102. The number of carboxylic acids is 1. The quantitative estimate of drug-likeness (QED) is 0.162. The number of carbonyl (C=O) groups excluding carboxylic acids is 1. The van der Waals surface area contributed by atoms with Crippen LogP contribution in [-0.4, -0.2) is 51.9 Å². The molecule has 2 aliphatic rings. The van der Waals surface area contributed by atoms with E-state index >= 15 is 0 Å². The van der Waals surface area contributed by atoms with Crippen LogP contribution in [0.3, 0.4) is 0 Å². The van der Waals surface area contributed by atoms with Gasteiger partial charge in [0.05, 0.1) is 0 Å². The monoisotopic (exact) mass is 731 g/mol. The second-order valence-corrected chi connectivity index (χ2v) is 11.5. The largest absolute Gasteiger partial charge is 0.479 e. The van der Waals surface area contributed by atoms with Crippen LogP contribution in [0.25, 0.3) is 22.3 Å². The smallest absolute Gasteiger partial charge is 0.405 e. The third-order valence-electron chi connectivity index (χ3n) is 7.40. The predicted octanol–water partition coefficient (Wildman–Crippen LogP) is 7.51. The number of fused-ring (bicyclic) bond motifs is 2. The van der Waals surface area contributed by atoms with Gasteiger partial charge in [0.25, 0.3) is 5.91 Å². The number of rotatable bonds is 5. The van der Waals surface area contributed by atoms with Crippen molar-refractivity contribution in [3.05, 3.63) is 93.2 Å². The van der Waals surface area contributed by atoms with E-state index in [-0.39, 0.29) is 52.5 Å². The van der Waals surface area contributed by atoms with Crippen LogP contribution < -0.4 is 14.8 Å². The molecule has 2 atom stereocenters. The number of hydrogen-bond donors (Lipinski definition) is 2. The summed E-state index contributed by atoms with van der Waals surface area (Å²) in [4.78, 5) is 30.8. The Morgan fingerprint density at radius 3 is 1.63 bits per heavy atom. The first-order valence-corrected chi connectivity index (χ1v) is 15.1. The van der Waals surface area contributed by atoms with Crippen LogP contribution in [0, 0.1) is 23.3 Å². The zero-order valence-electron chi connectivity index (χ0n) is 24.7. The summed E-state index contributed by atoms with van der Waals surface area (Å²) in [6, 6.07) is 9.09. The van der Waals surface area contributed by atoms with Gasteiger partial charge in [-0.3, -0.25) is 4.79 Å². The summed E-state index contributed by atoms with van der Waals surface area (Å²) in [5, 5.41) is 10.7. The summed E-state index contributed by atoms with van der Waals surface area (Å²) in [5.41, 5.74) is 1.98. The molecule has 2 aromatic heterocycles. The van der Waals surface area contributed by atoms with E-state index < -0.39 is 60.1 Å². The molecule has 0 radical (unpaired) electrons. The second-order valence-electron chi connectivity index (χ2n) is 10.8. The van der Waals surface area contributed by atoms with Gasteiger partial charge in [0.15, 0.2) is 12.2 Å². The van der Waals surface area contributed by atoms with Crippen LogP contribution in [0.1, 0.15) is 24.0 Å². The maximum Gasteiger partial charge on any atom is 0.405 e. The molecule has 4 aromatic rings. The van der Waals surface area contributed by atoms with E-state index in [0.29, 0.717) is 34.7 Å². The highest BCUT2D eigenvalue weighted by molar-refractivity contribution is 6.30. The van der Waals surface area contributed by atoms with Crippen molar-refractivity contribution in [2.24, 2.45) is 0 Å². The average molecular weight is 732 g/mol. The number of aromatic nitrogens is 2. The molecule has 258 valence electrons. The lowest BCUT2D eigenvalue weighted by Gasteiger charge is -2.26. The average Bonchev–Trinajstić information content (AvgIpc) is 3.02. The molecule has 1 amide bonds. The van der Waals surface area contributed by atoms with E-state index in [2.05, 4.69) is 9.97 Å². The van der Waals surface area contributed by atoms with Crippen molar-refractivity contribution in [1.82, 2.24) is 15.3 Å². The lowest BCUT2D eigenvalue weighted by molar-refractivity contribution is -0.146. The van der Waals surface area contributed by atoms with E-state index in [1.807, 2.05) is 0 Å². The van der Waals surface area contributed by atoms with Gasteiger partial charge in [-0.1, -0.05) is 23.2 Å². The maximum absolute atomic E-state index is 14.1. The lowest BCUT2D eigenvalue weighted by Crippen LogP contribution is -2.44. The van der Waals surface area contributed by atoms with Crippen LogP contribution in [0.2, 0.25) is 10.3 Å². The van der Waals surface area contributed by atoms with Gasteiger partial charge in [-0.2, -0.15) is 13.2 Å². The number of pyridine rings is 2. The highest BCUT2D eigenvalue weighted by atomic mass is 35.5. The maximum atomic E-state index is 14.1. The third kappa shape index (κ3) is 8.51. The Hall–Kier alpha value is -4.63. The Labute approximate surface area is 282 Å². The van der Waals surface area contributed by atoms with Crippen LogP contribution in [-0.2, 0) is 22.4 Å². The second kappa shape index (κ2) is 14.5. The summed E-state index contributed by atoms with van der Waals surface area (Å²) in [5.74, 6) is -5.00. The number of carbonyl (C=O) groups is 2. The third-order valence-corrected chi connectivity index (χ3v) is 7.79. The fourth-order valence-corrected chi connectivity index (χ4v) is 5.58.